The van der Waals surface area contributed by atoms with Gasteiger partial charge in [-0.15, -0.1) is 0 Å². The van der Waals surface area contributed by atoms with Gasteiger partial charge in [-0.25, -0.2) is 4.39 Å². The molecule has 2 N–H and O–H groups in total. The maximum absolute atomic E-state index is 13.7. The zero-order valence-corrected chi connectivity index (χ0v) is 16.7. The Kier molecular flexibility index (Phi) is 7.61. The van der Waals surface area contributed by atoms with Crippen molar-refractivity contribution in [2.75, 3.05) is 34.8 Å². The lowest BCUT2D eigenvalue weighted by Gasteiger charge is -2.26. The molecule has 0 amide bonds. The Morgan fingerprint density at radius 2 is 1.96 bits per heavy atom. The molecule has 0 bridgehead atoms. The van der Waals surface area contributed by atoms with E-state index in [4.69, 9.17) is 4.74 Å². The second-order valence-corrected chi connectivity index (χ2v) is 6.65. The maximum atomic E-state index is 13.7. The Balaban J connectivity index is 1.98. The molecule has 0 fully saturated rings. The standard InChI is InChI=1S/C21H29FN4O/c1-15-9-10-16(11-19(15)22)13-24-21(23-2)25-14-20(26(3)4)17-7-6-8-18(12-17)27-5/h6-12,20H,13-14H2,1-5H3,(H2,23,24,25). The lowest BCUT2D eigenvalue weighted by molar-refractivity contribution is 0.297. The van der Waals surface area contributed by atoms with E-state index in [0.717, 1.165) is 16.9 Å². The van der Waals surface area contributed by atoms with E-state index in [1.54, 1.807) is 33.2 Å². The molecule has 0 heterocycles. The number of guanidine groups is 1. The monoisotopic (exact) mass is 372 g/mol. The molecule has 0 aliphatic rings. The number of aliphatic imine (C=N–C) groups is 1. The van der Waals surface area contributed by atoms with Crippen LogP contribution in [-0.2, 0) is 6.54 Å². The van der Waals surface area contributed by atoms with E-state index in [0.29, 0.717) is 24.6 Å². The number of hydrogen-bond acceptors (Lipinski definition) is 3. The largest absolute Gasteiger partial charge is 0.497 e. The third kappa shape index (κ3) is 5.96. The average molecular weight is 372 g/mol. The number of rotatable bonds is 7. The lowest BCUT2D eigenvalue weighted by atomic mass is 10.1. The van der Waals surface area contributed by atoms with Crippen molar-refractivity contribution < 1.29 is 9.13 Å². The van der Waals surface area contributed by atoms with Crippen molar-refractivity contribution in [1.82, 2.24) is 15.5 Å². The number of aryl methyl sites for hydroxylation is 1. The van der Waals surface area contributed by atoms with Gasteiger partial charge >= 0.3 is 0 Å². The average Bonchev–Trinajstić information content (AvgIpc) is 2.67. The number of nitrogens with zero attached hydrogens (tertiary/aromatic N) is 2. The molecule has 2 rings (SSSR count). The first-order chi connectivity index (χ1) is 12.9. The summed E-state index contributed by atoms with van der Waals surface area (Å²) in [4.78, 5) is 6.40. The van der Waals surface area contributed by atoms with Gasteiger partial charge in [0, 0.05) is 20.1 Å². The zero-order chi connectivity index (χ0) is 19.8. The molecule has 0 aliphatic carbocycles. The van der Waals surface area contributed by atoms with Crippen molar-refractivity contribution >= 4 is 5.96 Å². The van der Waals surface area contributed by atoms with Crippen LogP contribution in [0, 0.1) is 12.7 Å². The van der Waals surface area contributed by atoms with Gasteiger partial charge in [-0.1, -0.05) is 24.3 Å². The van der Waals surface area contributed by atoms with E-state index in [-0.39, 0.29) is 11.9 Å². The van der Waals surface area contributed by atoms with E-state index in [2.05, 4.69) is 26.6 Å². The molecule has 146 valence electrons. The minimum absolute atomic E-state index is 0.149. The molecule has 0 spiro atoms. The number of methoxy groups -OCH3 is 1. The number of nitrogens with one attached hydrogen (secondary N) is 2. The number of halogens is 1. The maximum Gasteiger partial charge on any atom is 0.191 e. The molecule has 2 aromatic rings. The van der Waals surface area contributed by atoms with E-state index in [1.165, 1.54) is 0 Å². The molecule has 5 nitrogen and oxygen atoms in total. The van der Waals surface area contributed by atoms with Crippen molar-refractivity contribution in [3.63, 3.8) is 0 Å². The summed E-state index contributed by atoms with van der Waals surface area (Å²) < 4.78 is 19.0. The third-order valence-corrected chi connectivity index (χ3v) is 4.48. The van der Waals surface area contributed by atoms with Gasteiger partial charge in [0.25, 0.3) is 0 Å². The Bertz CT molecular complexity index is 777. The number of hydrogen-bond donors (Lipinski definition) is 2. The second-order valence-electron chi connectivity index (χ2n) is 6.65. The molecule has 1 atom stereocenters. The van der Waals surface area contributed by atoms with Crippen LogP contribution in [0.4, 0.5) is 4.39 Å². The zero-order valence-electron chi connectivity index (χ0n) is 16.7. The summed E-state index contributed by atoms with van der Waals surface area (Å²) in [5.74, 6) is 1.32. The Hall–Kier alpha value is -2.60. The van der Waals surface area contributed by atoms with Crippen molar-refractivity contribution in [2.24, 2.45) is 4.99 Å². The lowest BCUT2D eigenvalue weighted by Crippen LogP contribution is -2.41. The van der Waals surface area contributed by atoms with Crippen molar-refractivity contribution in [3.05, 3.63) is 65.0 Å². The van der Waals surface area contributed by atoms with E-state index < -0.39 is 0 Å². The van der Waals surface area contributed by atoms with Gasteiger partial charge in [0.1, 0.15) is 11.6 Å². The van der Waals surface area contributed by atoms with Crippen LogP contribution in [0.15, 0.2) is 47.5 Å². The van der Waals surface area contributed by atoms with Gasteiger partial charge in [-0.2, -0.15) is 0 Å². The van der Waals surface area contributed by atoms with Gasteiger partial charge in [0.05, 0.1) is 13.2 Å². The third-order valence-electron chi connectivity index (χ3n) is 4.48. The first-order valence-corrected chi connectivity index (χ1v) is 8.94. The SMILES string of the molecule is CN=C(NCc1ccc(C)c(F)c1)NCC(c1cccc(OC)c1)N(C)C. The predicted molar refractivity (Wildman–Crippen MR) is 109 cm³/mol. The molecule has 27 heavy (non-hydrogen) atoms. The molecule has 0 aliphatic heterocycles. The molecular weight excluding hydrogens is 343 g/mol. The molecule has 2 aromatic carbocycles. The van der Waals surface area contributed by atoms with Crippen molar-refractivity contribution in [1.29, 1.82) is 0 Å². The van der Waals surface area contributed by atoms with Crippen LogP contribution in [0.25, 0.3) is 0 Å². The van der Waals surface area contributed by atoms with E-state index in [9.17, 15) is 4.39 Å². The fourth-order valence-electron chi connectivity index (χ4n) is 2.79. The van der Waals surface area contributed by atoms with Gasteiger partial charge in [-0.3, -0.25) is 4.99 Å². The number of likely N-dealkylation sites (N-methyl/N-ethyl adjacent to an activating group) is 1. The van der Waals surface area contributed by atoms with Crippen LogP contribution in [0.1, 0.15) is 22.7 Å². The Labute approximate surface area is 161 Å². The van der Waals surface area contributed by atoms with Crippen LogP contribution in [0.2, 0.25) is 0 Å². The summed E-state index contributed by atoms with van der Waals surface area (Å²) in [6.45, 7) is 2.93. The minimum Gasteiger partial charge on any atom is -0.497 e. The number of ether oxygens (including phenoxy) is 1. The molecule has 0 saturated carbocycles. The molecular formula is C21H29FN4O. The second kappa shape index (κ2) is 9.92. The van der Waals surface area contributed by atoms with Gasteiger partial charge < -0.3 is 20.3 Å². The van der Waals surface area contributed by atoms with Crippen LogP contribution < -0.4 is 15.4 Å². The first kappa shape index (κ1) is 20.7. The topological polar surface area (TPSA) is 48.9 Å². The normalized spacial score (nSPS) is 12.8. The highest BCUT2D eigenvalue weighted by Crippen LogP contribution is 2.22. The van der Waals surface area contributed by atoms with Crippen LogP contribution >= 0.6 is 0 Å². The Morgan fingerprint density at radius 1 is 1.19 bits per heavy atom. The molecule has 6 heteroatoms. The summed E-state index contributed by atoms with van der Waals surface area (Å²) >= 11 is 0. The molecule has 0 radical (unpaired) electrons. The van der Waals surface area contributed by atoms with Gasteiger partial charge in [0.15, 0.2) is 5.96 Å². The molecule has 0 saturated heterocycles. The minimum atomic E-state index is -0.192. The summed E-state index contributed by atoms with van der Waals surface area (Å²) in [5.41, 5.74) is 2.68. The fourth-order valence-corrected chi connectivity index (χ4v) is 2.79. The molecule has 1 unspecified atom stereocenters. The van der Waals surface area contributed by atoms with Gasteiger partial charge in [0.2, 0.25) is 0 Å². The summed E-state index contributed by atoms with van der Waals surface area (Å²) in [5, 5.41) is 6.58. The van der Waals surface area contributed by atoms with Crippen LogP contribution in [0.3, 0.4) is 0 Å². The van der Waals surface area contributed by atoms with Gasteiger partial charge in [-0.05, 0) is 55.9 Å². The highest BCUT2D eigenvalue weighted by Gasteiger charge is 2.15. The fraction of sp³-hybridized carbons (Fsp3) is 0.381. The quantitative estimate of drug-likeness (QED) is 0.579. The van der Waals surface area contributed by atoms with E-state index in [1.807, 2.05) is 38.4 Å². The Morgan fingerprint density at radius 3 is 2.59 bits per heavy atom. The van der Waals surface area contributed by atoms with Crippen LogP contribution in [-0.4, -0.2) is 45.7 Å². The highest BCUT2D eigenvalue weighted by atomic mass is 19.1. The summed E-state index contributed by atoms with van der Waals surface area (Å²) in [6, 6.07) is 13.4. The summed E-state index contributed by atoms with van der Waals surface area (Å²) in [7, 11) is 7.47. The van der Waals surface area contributed by atoms with Crippen molar-refractivity contribution in [2.45, 2.75) is 19.5 Å². The first-order valence-electron chi connectivity index (χ1n) is 8.94. The van der Waals surface area contributed by atoms with E-state index >= 15 is 0 Å². The van der Waals surface area contributed by atoms with Crippen LogP contribution in [0.5, 0.6) is 5.75 Å². The summed E-state index contributed by atoms with van der Waals surface area (Å²) in [6.07, 6.45) is 0. The molecule has 0 aromatic heterocycles. The van der Waals surface area contributed by atoms with Crippen molar-refractivity contribution in [3.8, 4) is 5.75 Å². The predicted octanol–water partition coefficient (Wildman–Crippen LogP) is 3.11. The smallest absolute Gasteiger partial charge is 0.191 e. The highest BCUT2D eigenvalue weighted by molar-refractivity contribution is 5.79. The number of benzene rings is 2.